The number of hydrogen-bond donors (Lipinski definition) is 2. The zero-order chi connectivity index (χ0) is 21.7. The molecule has 3 N–H and O–H groups in total. The van der Waals surface area contributed by atoms with Crippen molar-refractivity contribution in [2.24, 2.45) is 5.73 Å². The van der Waals surface area contributed by atoms with Crippen molar-refractivity contribution < 1.29 is 19.4 Å². The summed E-state index contributed by atoms with van der Waals surface area (Å²) in [6, 6.07) is 8.02. The van der Waals surface area contributed by atoms with Crippen molar-refractivity contribution in [3.63, 3.8) is 0 Å². The van der Waals surface area contributed by atoms with Crippen LogP contribution in [0.3, 0.4) is 0 Å². The highest BCUT2D eigenvalue weighted by Gasteiger charge is 2.29. The number of aliphatic hydroxyl groups is 1. The Kier molecular flexibility index (Phi) is 7.99. The second-order valence-electron chi connectivity index (χ2n) is 7.68. The molecule has 1 aromatic heterocycles. The van der Waals surface area contributed by atoms with E-state index in [4.69, 9.17) is 26.8 Å². The normalized spacial score (nSPS) is 19.6. The van der Waals surface area contributed by atoms with E-state index in [0.29, 0.717) is 24.1 Å². The third kappa shape index (κ3) is 5.66. The van der Waals surface area contributed by atoms with Crippen LogP contribution in [0.2, 0.25) is 4.34 Å². The van der Waals surface area contributed by atoms with E-state index in [-0.39, 0.29) is 13.2 Å². The Hall–Kier alpha value is -1.80. The molecule has 2 atom stereocenters. The molecule has 8 heteroatoms. The maximum Gasteiger partial charge on any atom is 0.255 e. The lowest BCUT2D eigenvalue weighted by Gasteiger charge is -2.38. The van der Waals surface area contributed by atoms with Crippen LogP contribution >= 0.6 is 22.9 Å². The molecule has 1 amide bonds. The first-order valence-electron chi connectivity index (χ1n) is 10.1. The Morgan fingerprint density at radius 1 is 1.37 bits per heavy atom. The minimum atomic E-state index is -0.510. The summed E-state index contributed by atoms with van der Waals surface area (Å²) in [4.78, 5) is 14.7. The summed E-state index contributed by atoms with van der Waals surface area (Å²) >= 11 is 7.91. The summed E-state index contributed by atoms with van der Waals surface area (Å²) in [5.74, 6) is 1.26. The molecule has 0 spiro atoms. The minimum Gasteiger partial charge on any atom is -0.496 e. The van der Waals surface area contributed by atoms with Gasteiger partial charge >= 0.3 is 0 Å². The van der Waals surface area contributed by atoms with Gasteiger partial charge in [0, 0.05) is 35.7 Å². The zero-order valence-electron chi connectivity index (χ0n) is 17.4. The Bertz CT molecular complexity index is 873. The third-order valence-electron chi connectivity index (χ3n) is 5.59. The number of thiophene rings is 1. The van der Waals surface area contributed by atoms with Crippen LogP contribution in [0.1, 0.15) is 41.7 Å². The molecule has 0 radical (unpaired) electrons. The number of rotatable bonds is 9. The molecule has 1 fully saturated rings. The third-order valence-corrected chi connectivity index (χ3v) is 7.06. The van der Waals surface area contributed by atoms with Gasteiger partial charge in [-0.05, 0) is 56.3 Å². The molecule has 2 aromatic rings. The number of nitrogens with zero attached hydrogens (tertiary/aromatic N) is 1. The Morgan fingerprint density at radius 2 is 2.17 bits per heavy atom. The summed E-state index contributed by atoms with van der Waals surface area (Å²) in [5.41, 5.74) is 7.40. The maximum atomic E-state index is 10.9. The van der Waals surface area contributed by atoms with Crippen LogP contribution in [0.25, 0.3) is 0 Å². The molecule has 0 bridgehead atoms. The zero-order valence-corrected chi connectivity index (χ0v) is 19.0. The second-order valence-corrected chi connectivity index (χ2v) is 9.40. The molecular weight excluding hydrogens is 424 g/mol. The molecule has 1 aliphatic heterocycles. The number of nitrogens with two attached hydrogens (primary N) is 1. The van der Waals surface area contributed by atoms with E-state index >= 15 is 0 Å². The number of carbonyl (C=O) groups excluding carboxylic acids is 1. The van der Waals surface area contributed by atoms with Crippen molar-refractivity contribution in [1.29, 1.82) is 0 Å². The first-order chi connectivity index (χ1) is 14.4. The van der Waals surface area contributed by atoms with E-state index in [0.717, 1.165) is 41.6 Å². The van der Waals surface area contributed by atoms with Gasteiger partial charge in [0.25, 0.3) is 5.91 Å². The van der Waals surface area contributed by atoms with Gasteiger partial charge in [0.2, 0.25) is 0 Å². The molecule has 2 heterocycles. The number of benzene rings is 1. The van der Waals surface area contributed by atoms with Gasteiger partial charge in [0.1, 0.15) is 11.5 Å². The fraction of sp³-hybridized carbons (Fsp3) is 0.500. The number of primary amides is 1. The predicted molar refractivity (Wildman–Crippen MR) is 120 cm³/mol. The van der Waals surface area contributed by atoms with E-state index in [1.165, 1.54) is 10.4 Å². The lowest BCUT2D eigenvalue weighted by molar-refractivity contribution is -0.119. The molecule has 1 aliphatic rings. The summed E-state index contributed by atoms with van der Waals surface area (Å²) < 4.78 is 11.7. The van der Waals surface area contributed by atoms with Crippen LogP contribution in [-0.4, -0.2) is 48.8 Å². The number of aliphatic hydroxyl groups excluding tert-OH is 1. The van der Waals surface area contributed by atoms with Crippen LogP contribution in [0.4, 0.5) is 0 Å². The molecule has 0 saturated carbocycles. The molecule has 3 rings (SSSR count). The molecule has 1 aromatic carbocycles. The summed E-state index contributed by atoms with van der Waals surface area (Å²) in [6.07, 6.45) is 2.77. The number of methoxy groups -OCH3 is 1. The first-order valence-corrected chi connectivity index (χ1v) is 11.3. The molecule has 6 nitrogen and oxygen atoms in total. The molecule has 1 saturated heterocycles. The minimum absolute atomic E-state index is 0.146. The van der Waals surface area contributed by atoms with Gasteiger partial charge in [0.05, 0.1) is 11.4 Å². The largest absolute Gasteiger partial charge is 0.496 e. The summed E-state index contributed by atoms with van der Waals surface area (Å²) in [6.45, 7) is 4.00. The van der Waals surface area contributed by atoms with Crippen LogP contribution < -0.4 is 15.2 Å². The van der Waals surface area contributed by atoms with Crippen LogP contribution in [0.15, 0.2) is 24.3 Å². The standard InChI is InChI=1S/C22H29ClN2O4S/c1-14-9-15(22-16(6-8-26)10-20(23)30-22)5-7-25(14)12-17-3-4-18(11-19(17)28-2)29-13-21(24)27/h3-4,10-11,14-15,26H,5-9,12-13H2,1-2H3,(H2,24,27). The van der Waals surface area contributed by atoms with E-state index in [9.17, 15) is 9.90 Å². The lowest BCUT2D eigenvalue weighted by Crippen LogP contribution is -2.39. The smallest absolute Gasteiger partial charge is 0.255 e. The average molecular weight is 453 g/mol. The number of hydrogen-bond acceptors (Lipinski definition) is 6. The molecule has 30 heavy (non-hydrogen) atoms. The van der Waals surface area contributed by atoms with Crippen molar-refractivity contribution >= 4 is 28.8 Å². The topological polar surface area (TPSA) is 85.0 Å². The highest BCUT2D eigenvalue weighted by atomic mass is 35.5. The number of piperidine rings is 1. The van der Waals surface area contributed by atoms with Gasteiger partial charge in [-0.3, -0.25) is 9.69 Å². The molecule has 2 unspecified atom stereocenters. The van der Waals surface area contributed by atoms with Crippen molar-refractivity contribution in [1.82, 2.24) is 4.90 Å². The van der Waals surface area contributed by atoms with Gasteiger partial charge in [-0.15, -0.1) is 11.3 Å². The van der Waals surface area contributed by atoms with E-state index in [1.807, 2.05) is 18.2 Å². The first kappa shape index (κ1) is 22.9. The van der Waals surface area contributed by atoms with E-state index < -0.39 is 5.91 Å². The second kappa shape index (κ2) is 10.5. The molecular formula is C22H29ClN2O4S. The van der Waals surface area contributed by atoms with Gasteiger partial charge in [-0.2, -0.15) is 0 Å². The fourth-order valence-corrected chi connectivity index (χ4v) is 5.55. The van der Waals surface area contributed by atoms with Crippen LogP contribution in [0, 0.1) is 0 Å². The van der Waals surface area contributed by atoms with Gasteiger partial charge in [-0.25, -0.2) is 0 Å². The number of amides is 1. The highest BCUT2D eigenvalue weighted by molar-refractivity contribution is 7.16. The molecule has 0 aliphatic carbocycles. The van der Waals surface area contributed by atoms with Crippen LogP contribution in [0.5, 0.6) is 11.5 Å². The maximum absolute atomic E-state index is 10.9. The van der Waals surface area contributed by atoms with Crippen molar-refractivity contribution in [3.8, 4) is 11.5 Å². The Labute approximate surface area is 186 Å². The number of carbonyl (C=O) groups is 1. The quantitative estimate of drug-likeness (QED) is 0.607. The van der Waals surface area contributed by atoms with Crippen molar-refractivity contribution in [3.05, 3.63) is 44.6 Å². The molecule has 164 valence electrons. The summed E-state index contributed by atoms with van der Waals surface area (Å²) in [5, 5.41) is 9.35. The predicted octanol–water partition coefficient (Wildman–Crippen LogP) is 3.58. The monoisotopic (exact) mass is 452 g/mol. The van der Waals surface area contributed by atoms with E-state index in [2.05, 4.69) is 11.8 Å². The Morgan fingerprint density at radius 3 is 2.83 bits per heavy atom. The number of ether oxygens (including phenoxy) is 2. The number of halogens is 1. The van der Waals surface area contributed by atoms with Gasteiger partial charge in [0.15, 0.2) is 6.61 Å². The Balaban J connectivity index is 1.66. The lowest BCUT2D eigenvalue weighted by atomic mass is 9.88. The highest BCUT2D eigenvalue weighted by Crippen LogP contribution is 2.40. The summed E-state index contributed by atoms with van der Waals surface area (Å²) in [7, 11) is 1.63. The van der Waals surface area contributed by atoms with E-state index in [1.54, 1.807) is 24.5 Å². The van der Waals surface area contributed by atoms with Crippen molar-refractivity contribution in [2.75, 3.05) is 26.9 Å². The fourth-order valence-electron chi connectivity index (χ4n) is 4.08. The SMILES string of the molecule is COc1cc(OCC(N)=O)ccc1CN1CCC(c2sc(Cl)cc2CCO)CC1C. The average Bonchev–Trinajstić information content (AvgIpc) is 3.09. The van der Waals surface area contributed by atoms with Gasteiger partial charge < -0.3 is 20.3 Å². The van der Waals surface area contributed by atoms with Crippen LogP contribution in [-0.2, 0) is 17.8 Å². The van der Waals surface area contributed by atoms with Gasteiger partial charge in [-0.1, -0.05) is 17.7 Å². The number of likely N-dealkylation sites (tertiary alicyclic amines) is 1. The van der Waals surface area contributed by atoms with Crippen molar-refractivity contribution in [2.45, 2.75) is 44.7 Å².